The normalized spacial score (nSPS) is 10.8. The number of thiazole rings is 1. The molecule has 6 nitrogen and oxygen atoms in total. The van der Waals surface area contributed by atoms with Crippen LogP contribution >= 0.6 is 22.9 Å². The molecule has 0 atom stereocenters. The van der Waals surface area contributed by atoms with Gasteiger partial charge in [0, 0.05) is 21.4 Å². The molecule has 0 unspecified atom stereocenters. The third-order valence-corrected chi connectivity index (χ3v) is 4.87. The number of halogens is 1. The highest BCUT2D eigenvalue weighted by molar-refractivity contribution is 7.14. The largest absolute Gasteiger partial charge is 0.296 e. The summed E-state index contributed by atoms with van der Waals surface area (Å²) in [6.07, 6.45) is 0. The number of rotatable bonds is 3. The second-order valence-corrected chi connectivity index (χ2v) is 6.68. The van der Waals surface area contributed by atoms with Crippen molar-refractivity contribution >= 4 is 44.7 Å². The van der Waals surface area contributed by atoms with Crippen LogP contribution in [0.15, 0.2) is 58.7 Å². The van der Waals surface area contributed by atoms with Crippen LogP contribution in [0.3, 0.4) is 0 Å². The molecule has 0 aliphatic heterocycles. The SMILES string of the molecule is O=C(Nc1nc(-c2ccccc2Cl)cs1)c1n[nH]c(=O)c2ccccc12. The molecule has 128 valence electrons. The number of carbonyl (C=O) groups is 1. The zero-order chi connectivity index (χ0) is 18.1. The second-order valence-electron chi connectivity index (χ2n) is 5.42. The smallest absolute Gasteiger partial charge is 0.278 e. The lowest BCUT2D eigenvalue weighted by Crippen LogP contribution is -2.19. The van der Waals surface area contributed by atoms with E-state index in [1.54, 1.807) is 30.3 Å². The van der Waals surface area contributed by atoms with Gasteiger partial charge in [-0.25, -0.2) is 10.1 Å². The summed E-state index contributed by atoms with van der Waals surface area (Å²) in [5.41, 5.74) is 1.26. The van der Waals surface area contributed by atoms with Crippen molar-refractivity contribution in [3.63, 3.8) is 0 Å². The van der Waals surface area contributed by atoms with E-state index in [4.69, 9.17) is 11.6 Å². The average Bonchev–Trinajstić information content (AvgIpc) is 3.11. The van der Waals surface area contributed by atoms with Gasteiger partial charge in [-0.1, -0.05) is 48.0 Å². The molecular weight excluding hydrogens is 372 g/mol. The molecular formula is C18H11ClN4O2S. The molecule has 2 aromatic carbocycles. The first-order valence-electron chi connectivity index (χ1n) is 7.62. The lowest BCUT2D eigenvalue weighted by Gasteiger charge is -2.04. The maximum absolute atomic E-state index is 12.6. The van der Waals surface area contributed by atoms with Gasteiger partial charge in [-0.3, -0.25) is 14.9 Å². The molecule has 0 bridgehead atoms. The predicted octanol–water partition coefficient (Wildman–Crippen LogP) is 3.95. The number of nitrogens with zero attached hydrogens (tertiary/aromatic N) is 2. The quantitative estimate of drug-likeness (QED) is 0.561. The first-order valence-corrected chi connectivity index (χ1v) is 8.88. The molecule has 0 aliphatic carbocycles. The van der Waals surface area contributed by atoms with Crippen molar-refractivity contribution in [2.75, 3.05) is 5.32 Å². The summed E-state index contributed by atoms with van der Waals surface area (Å²) in [5, 5.41) is 12.7. The molecule has 0 spiro atoms. The standard InChI is InChI=1S/C18H11ClN4O2S/c19-13-8-4-3-7-12(13)14-9-26-18(20-14)21-17(25)15-10-5-1-2-6-11(10)16(24)23-22-15/h1-9H,(H,23,24)(H,20,21,25). The first-order chi connectivity index (χ1) is 12.6. The van der Waals surface area contributed by atoms with E-state index in [1.807, 2.05) is 23.6 Å². The Morgan fingerprint density at radius 1 is 1.08 bits per heavy atom. The number of aromatic nitrogens is 3. The van der Waals surface area contributed by atoms with Gasteiger partial charge in [0.1, 0.15) is 0 Å². The summed E-state index contributed by atoms with van der Waals surface area (Å²) in [6, 6.07) is 14.2. The van der Waals surface area contributed by atoms with Gasteiger partial charge in [0.2, 0.25) is 0 Å². The summed E-state index contributed by atoms with van der Waals surface area (Å²) < 4.78 is 0. The van der Waals surface area contributed by atoms with Gasteiger partial charge in [0.15, 0.2) is 10.8 Å². The lowest BCUT2D eigenvalue weighted by atomic mass is 10.1. The van der Waals surface area contributed by atoms with Crippen molar-refractivity contribution in [2.45, 2.75) is 0 Å². The maximum Gasteiger partial charge on any atom is 0.278 e. The minimum atomic E-state index is -0.447. The molecule has 4 rings (SSSR count). The average molecular weight is 383 g/mol. The number of benzene rings is 2. The maximum atomic E-state index is 12.6. The van der Waals surface area contributed by atoms with Crippen LogP contribution in [0.1, 0.15) is 10.5 Å². The van der Waals surface area contributed by atoms with Crippen LogP contribution in [0.4, 0.5) is 5.13 Å². The van der Waals surface area contributed by atoms with Crippen LogP contribution in [0.25, 0.3) is 22.0 Å². The van der Waals surface area contributed by atoms with Crippen LogP contribution in [0.5, 0.6) is 0 Å². The summed E-state index contributed by atoms with van der Waals surface area (Å²) >= 11 is 7.47. The number of amides is 1. The number of hydrogen-bond donors (Lipinski definition) is 2. The molecule has 8 heteroatoms. The van der Waals surface area contributed by atoms with Crippen molar-refractivity contribution in [1.82, 2.24) is 15.2 Å². The van der Waals surface area contributed by atoms with E-state index in [-0.39, 0.29) is 11.3 Å². The highest BCUT2D eigenvalue weighted by Gasteiger charge is 2.16. The Labute approximate surface area is 156 Å². The molecule has 2 aromatic heterocycles. The van der Waals surface area contributed by atoms with E-state index >= 15 is 0 Å². The fourth-order valence-electron chi connectivity index (χ4n) is 2.57. The number of anilines is 1. The monoisotopic (exact) mass is 382 g/mol. The van der Waals surface area contributed by atoms with E-state index < -0.39 is 5.91 Å². The van der Waals surface area contributed by atoms with Crippen LogP contribution in [-0.2, 0) is 0 Å². The van der Waals surface area contributed by atoms with Crippen molar-refractivity contribution in [2.24, 2.45) is 0 Å². The van der Waals surface area contributed by atoms with Crippen molar-refractivity contribution < 1.29 is 4.79 Å². The summed E-state index contributed by atoms with van der Waals surface area (Å²) in [7, 11) is 0. The zero-order valence-electron chi connectivity index (χ0n) is 13.2. The van der Waals surface area contributed by atoms with Gasteiger partial charge in [0.05, 0.1) is 11.1 Å². The number of H-pyrrole nitrogens is 1. The Morgan fingerprint density at radius 2 is 1.81 bits per heavy atom. The molecule has 0 aliphatic rings. The fourth-order valence-corrected chi connectivity index (χ4v) is 3.51. The molecule has 1 amide bonds. The van der Waals surface area contributed by atoms with Crippen LogP contribution in [0, 0.1) is 0 Å². The van der Waals surface area contributed by atoms with Crippen LogP contribution in [-0.4, -0.2) is 21.1 Å². The molecule has 4 aromatic rings. The zero-order valence-corrected chi connectivity index (χ0v) is 14.8. The summed E-state index contributed by atoms with van der Waals surface area (Å²) in [6.45, 7) is 0. The number of nitrogens with one attached hydrogen (secondary N) is 2. The minimum absolute atomic E-state index is 0.134. The Hall–Kier alpha value is -3.03. The first kappa shape index (κ1) is 16.4. The fraction of sp³-hybridized carbons (Fsp3) is 0. The van der Waals surface area contributed by atoms with Gasteiger partial charge >= 0.3 is 0 Å². The van der Waals surface area contributed by atoms with Gasteiger partial charge < -0.3 is 0 Å². The molecule has 26 heavy (non-hydrogen) atoms. The predicted molar refractivity (Wildman–Crippen MR) is 103 cm³/mol. The summed E-state index contributed by atoms with van der Waals surface area (Å²) in [5.74, 6) is -0.447. The van der Waals surface area contributed by atoms with Gasteiger partial charge in [-0.2, -0.15) is 5.10 Å². The Bertz CT molecular complexity index is 1190. The molecule has 2 N–H and O–H groups in total. The second kappa shape index (κ2) is 6.70. The van der Waals surface area contributed by atoms with Crippen LogP contribution in [0.2, 0.25) is 5.02 Å². The van der Waals surface area contributed by atoms with Gasteiger partial charge in [-0.05, 0) is 12.1 Å². The Morgan fingerprint density at radius 3 is 2.62 bits per heavy atom. The van der Waals surface area contributed by atoms with Crippen molar-refractivity contribution in [3.05, 3.63) is 75.0 Å². The molecule has 0 fully saturated rings. The highest BCUT2D eigenvalue weighted by atomic mass is 35.5. The number of fused-ring (bicyclic) bond motifs is 1. The Kier molecular flexibility index (Phi) is 4.24. The molecule has 0 saturated heterocycles. The van der Waals surface area contributed by atoms with Gasteiger partial charge in [-0.15, -0.1) is 11.3 Å². The van der Waals surface area contributed by atoms with Crippen molar-refractivity contribution in [1.29, 1.82) is 0 Å². The highest BCUT2D eigenvalue weighted by Crippen LogP contribution is 2.30. The van der Waals surface area contributed by atoms with Crippen LogP contribution < -0.4 is 10.9 Å². The van der Waals surface area contributed by atoms with Crippen molar-refractivity contribution in [3.8, 4) is 11.3 Å². The molecule has 0 radical (unpaired) electrons. The lowest BCUT2D eigenvalue weighted by molar-refractivity contribution is 0.102. The molecule has 0 saturated carbocycles. The van der Waals surface area contributed by atoms with Gasteiger partial charge in [0.25, 0.3) is 11.5 Å². The number of aromatic amines is 1. The Balaban J connectivity index is 1.65. The molecule has 2 heterocycles. The topological polar surface area (TPSA) is 87.7 Å². The third-order valence-electron chi connectivity index (χ3n) is 3.79. The van der Waals surface area contributed by atoms with E-state index in [0.29, 0.717) is 26.6 Å². The van der Waals surface area contributed by atoms with E-state index in [1.165, 1.54) is 11.3 Å². The number of hydrogen-bond acceptors (Lipinski definition) is 5. The summed E-state index contributed by atoms with van der Waals surface area (Å²) in [4.78, 5) is 28.8. The van der Waals surface area contributed by atoms with E-state index in [0.717, 1.165) is 5.56 Å². The minimum Gasteiger partial charge on any atom is -0.296 e. The van der Waals surface area contributed by atoms with E-state index in [2.05, 4.69) is 20.5 Å². The number of carbonyl (C=O) groups excluding carboxylic acids is 1. The van der Waals surface area contributed by atoms with E-state index in [9.17, 15) is 9.59 Å². The third kappa shape index (κ3) is 2.98.